The Morgan fingerprint density at radius 1 is 1.57 bits per heavy atom. The number of aliphatic hydroxyl groups is 1. The van der Waals surface area contributed by atoms with Crippen LogP contribution in [-0.4, -0.2) is 54.4 Å². The molecule has 0 amide bonds. The quantitative estimate of drug-likeness (QED) is 0.785. The monoisotopic (exact) mass is 310 g/mol. The van der Waals surface area contributed by atoms with Crippen LogP contribution in [0, 0.1) is 6.92 Å². The summed E-state index contributed by atoms with van der Waals surface area (Å²) in [5.74, 6) is -0.959. The second-order valence-electron chi connectivity index (χ2n) is 5.10. The number of hydrogen-bond donors (Lipinski definition) is 2. The fourth-order valence-electron chi connectivity index (χ4n) is 2.51. The van der Waals surface area contributed by atoms with E-state index < -0.39 is 18.1 Å². The van der Waals surface area contributed by atoms with E-state index in [2.05, 4.69) is 10.1 Å². The summed E-state index contributed by atoms with van der Waals surface area (Å²) in [5.41, 5.74) is 0.367. The first-order valence-electron chi connectivity index (χ1n) is 6.45. The van der Waals surface area contributed by atoms with Gasteiger partial charge in [0.25, 0.3) is 5.56 Å². The fourth-order valence-corrected chi connectivity index (χ4v) is 3.48. The van der Waals surface area contributed by atoms with Crippen LogP contribution in [0.5, 0.6) is 0 Å². The summed E-state index contributed by atoms with van der Waals surface area (Å²) < 4.78 is 1.22. The third kappa shape index (κ3) is 2.67. The second-order valence-corrected chi connectivity index (χ2v) is 6.14. The first-order valence-corrected chi connectivity index (χ1v) is 7.27. The van der Waals surface area contributed by atoms with Gasteiger partial charge in [0, 0.05) is 24.7 Å². The Kier molecular flexibility index (Phi) is 3.47. The van der Waals surface area contributed by atoms with Gasteiger partial charge in [0.2, 0.25) is 4.96 Å². The van der Waals surface area contributed by atoms with Gasteiger partial charge in [-0.05, 0) is 6.92 Å². The van der Waals surface area contributed by atoms with Crippen molar-refractivity contribution >= 4 is 22.3 Å². The Hall–Kier alpha value is -1.84. The molecule has 21 heavy (non-hydrogen) atoms. The number of fused-ring (bicyclic) bond motifs is 1. The van der Waals surface area contributed by atoms with Gasteiger partial charge in [0.05, 0.1) is 12.6 Å². The number of aromatic nitrogens is 3. The summed E-state index contributed by atoms with van der Waals surface area (Å²) in [5, 5.41) is 23.6. The fraction of sp³-hybridized carbons (Fsp3) is 0.500. The minimum absolute atomic E-state index is 0.206. The molecule has 0 saturated carbocycles. The minimum Gasteiger partial charge on any atom is -0.480 e. The summed E-state index contributed by atoms with van der Waals surface area (Å²) in [7, 11) is 0. The Morgan fingerprint density at radius 2 is 2.33 bits per heavy atom. The van der Waals surface area contributed by atoms with Crippen LogP contribution >= 0.6 is 11.3 Å². The van der Waals surface area contributed by atoms with Crippen LogP contribution in [0.15, 0.2) is 10.9 Å². The van der Waals surface area contributed by atoms with Crippen molar-refractivity contribution in [2.75, 3.05) is 6.54 Å². The van der Waals surface area contributed by atoms with E-state index in [4.69, 9.17) is 5.11 Å². The van der Waals surface area contributed by atoms with Crippen molar-refractivity contribution in [2.45, 2.75) is 32.0 Å². The van der Waals surface area contributed by atoms with Crippen molar-refractivity contribution in [3.63, 3.8) is 0 Å². The van der Waals surface area contributed by atoms with E-state index >= 15 is 0 Å². The normalized spacial score (nSPS) is 23.0. The zero-order valence-corrected chi connectivity index (χ0v) is 12.1. The topological polar surface area (TPSA) is 108 Å². The molecule has 2 atom stereocenters. The zero-order valence-electron chi connectivity index (χ0n) is 11.3. The molecule has 1 aliphatic rings. The first kappa shape index (κ1) is 14.1. The van der Waals surface area contributed by atoms with Crippen LogP contribution in [0.3, 0.4) is 0 Å². The van der Waals surface area contributed by atoms with Gasteiger partial charge in [0.15, 0.2) is 0 Å². The molecular weight excluding hydrogens is 296 g/mol. The van der Waals surface area contributed by atoms with E-state index in [1.54, 1.807) is 11.8 Å². The highest BCUT2D eigenvalue weighted by molar-refractivity contribution is 7.16. The molecule has 3 heterocycles. The number of β-amino-alcohol motifs (C(OH)–C–C–N with tert-alkyl or cyclic N) is 1. The smallest absolute Gasteiger partial charge is 0.321 e. The highest BCUT2D eigenvalue weighted by Crippen LogP contribution is 2.22. The molecule has 1 fully saturated rings. The van der Waals surface area contributed by atoms with Gasteiger partial charge in [-0.15, -0.1) is 0 Å². The number of nitrogens with zero attached hydrogens (tertiary/aromatic N) is 4. The minimum atomic E-state index is -0.959. The molecule has 112 valence electrons. The molecule has 2 unspecified atom stereocenters. The number of carbonyl (C=O) groups is 1. The molecule has 0 aliphatic carbocycles. The van der Waals surface area contributed by atoms with Crippen molar-refractivity contribution in [1.82, 2.24) is 19.5 Å². The highest BCUT2D eigenvalue weighted by atomic mass is 32.1. The lowest BCUT2D eigenvalue weighted by molar-refractivity contribution is -0.142. The van der Waals surface area contributed by atoms with E-state index in [0.29, 0.717) is 15.7 Å². The summed E-state index contributed by atoms with van der Waals surface area (Å²) in [4.78, 5) is 29.4. The predicted octanol–water partition coefficient (Wildman–Crippen LogP) is -0.521. The maximum atomic E-state index is 11.8. The molecular formula is C12H14N4O4S. The van der Waals surface area contributed by atoms with Gasteiger partial charge in [0.1, 0.15) is 11.0 Å². The molecule has 2 aromatic heterocycles. The van der Waals surface area contributed by atoms with Gasteiger partial charge >= 0.3 is 5.97 Å². The van der Waals surface area contributed by atoms with Crippen LogP contribution < -0.4 is 5.56 Å². The molecule has 2 N–H and O–H groups in total. The third-order valence-corrected chi connectivity index (χ3v) is 4.31. The molecule has 3 rings (SSSR count). The summed E-state index contributed by atoms with van der Waals surface area (Å²) in [6.45, 7) is 2.30. The van der Waals surface area contributed by atoms with Crippen molar-refractivity contribution < 1.29 is 15.0 Å². The van der Waals surface area contributed by atoms with Crippen LogP contribution in [0.25, 0.3) is 4.96 Å². The lowest BCUT2D eigenvalue weighted by atomic mass is 10.2. The Bertz CT molecular complexity index is 755. The number of likely N-dealkylation sites (tertiary alicyclic amines) is 1. The maximum Gasteiger partial charge on any atom is 0.321 e. The number of rotatable bonds is 3. The van der Waals surface area contributed by atoms with Gasteiger partial charge in [-0.25, -0.2) is 4.98 Å². The molecule has 1 aliphatic heterocycles. The lowest BCUT2D eigenvalue weighted by Gasteiger charge is -2.18. The van der Waals surface area contributed by atoms with Gasteiger partial charge < -0.3 is 10.2 Å². The number of aliphatic hydroxyl groups excluding tert-OH is 1. The Labute approximate surface area is 123 Å². The summed E-state index contributed by atoms with van der Waals surface area (Å²) >= 11 is 1.25. The van der Waals surface area contributed by atoms with E-state index in [-0.39, 0.29) is 25.1 Å². The predicted molar refractivity (Wildman–Crippen MR) is 74.3 cm³/mol. The van der Waals surface area contributed by atoms with Gasteiger partial charge in [-0.2, -0.15) is 9.61 Å². The molecule has 0 aromatic carbocycles. The van der Waals surface area contributed by atoms with Crippen molar-refractivity contribution in [3.8, 4) is 0 Å². The largest absolute Gasteiger partial charge is 0.480 e. The third-order valence-electron chi connectivity index (χ3n) is 3.42. The second kappa shape index (κ2) is 5.17. The van der Waals surface area contributed by atoms with E-state index in [0.717, 1.165) is 0 Å². The van der Waals surface area contributed by atoms with Crippen LogP contribution in [0.2, 0.25) is 0 Å². The highest BCUT2D eigenvalue weighted by Gasteiger charge is 2.36. The van der Waals surface area contributed by atoms with Crippen LogP contribution in [-0.2, 0) is 11.3 Å². The maximum absolute atomic E-state index is 11.8. The molecule has 0 bridgehead atoms. The van der Waals surface area contributed by atoms with E-state index in [1.165, 1.54) is 21.9 Å². The molecule has 1 saturated heterocycles. The van der Waals surface area contributed by atoms with Crippen LogP contribution in [0.4, 0.5) is 0 Å². The summed E-state index contributed by atoms with van der Waals surface area (Å²) in [6, 6.07) is 0.675. The number of aryl methyl sites for hydroxylation is 1. The van der Waals surface area contributed by atoms with Gasteiger partial charge in [-0.3, -0.25) is 14.5 Å². The van der Waals surface area contributed by atoms with Gasteiger partial charge in [-0.1, -0.05) is 11.3 Å². The van der Waals surface area contributed by atoms with Crippen molar-refractivity contribution in [2.24, 2.45) is 0 Å². The van der Waals surface area contributed by atoms with Crippen molar-refractivity contribution in [1.29, 1.82) is 0 Å². The molecule has 8 nitrogen and oxygen atoms in total. The number of carboxylic acids is 1. The SMILES string of the molecule is Cc1cc(=O)n2nc(CN3CC(O)CC3C(=O)O)sc2n1. The van der Waals surface area contributed by atoms with E-state index in [1.807, 2.05) is 0 Å². The Balaban J connectivity index is 1.90. The average Bonchev–Trinajstić information content (AvgIpc) is 2.93. The molecule has 2 aromatic rings. The van der Waals surface area contributed by atoms with E-state index in [9.17, 15) is 14.7 Å². The van der Waals surface area contributed by atoms with Crippen molar-refractivity contribution in [3.05, 3.63) is 27.1 Å². The molecule has 0 radical (unpaired) electrons. The standard InChI is InChI=1S/C12H14N4O4S/c1-6-2-10(18)16-12(13-6)21-9(14-16)5-15-4-7(17)3-8(15)11(19)20/h2,7-8,17H,3-5H2,1H3,(H,19,20). The zero-order chi connectivity index (χ0) is 15.1. The average molecular weight is 310 g/mol. The number of aliphatic carboxylic acids is 1. The number of hydrogen-bond acceptors (Lipinski definition) is 7. The summed E-state index contributed by atoms with van der Waals surface area (Å²) in [6.07, 6.45) is -0.444. The first-order chi connectivity index (χ1) is 9.94. The lowest BCUT2D eigenvalue weighted by Crippen LogP contribution is -2.35. The van der Waals surface area contributed by atoms with Crippen LogP contribution in [0.1, 0.15) is 17.1 Å². The Morgan fingerprint density at radius 3 is 3.05 bits per heavy atom. The number of carboxylic acid groups (broad SMARTS) is 1. The molecule has 9 heteroatoms. The molecule has 0 spiro atoms.